The quantitative estimate of drug-likeness (QED) is 0.766. The molecule has 1 aliphatic carbocycles. The van der Waals surface area contributed by atoms with Gasteiger partial charge in [0, 0.05) is 11.6 Å². The van der Waals surface area contributed by atoms with E-state index < -0.39 is 0 Å². The summed E-state index contributed by atoms with van der Waals surface area (Å²) in [7, 11) is 0. The second-order valence-electron chi connectivity index (χ2n) is 4.89. The molecular formula is C16H15NO. The van der Waals surface area contributed by atoms with Crippen LogP contribution in [0.3, 0.4) is 0 Å². The van der Waals surface area contributed by atoms with Gasteiger partial charge in [-0.15, -0.1) is 0 Å². The standard InChI is InChI=1S/C16H15NO/c1-11-6-5-9-15(17-11)16(18)14-10-13(14)12-7-3-2-4-8-12/h2-9,13-14H,10H2,1H3. The molecule has 0 saturated heterocycles. The van der Waals surface area contributed by atoms with Crippen molar-refractivity contribution in [2.75, 3.05) is 0 Å². The summed E-state index contributed by atoms with van der Waals surface area (Å²) in [6.07, 6.45) is 0.957. The average molecular weight is 237 g/mol. The maximum Gasteiger partial charge on any atom is 0.184 e. The number of pyridine rings is 1. The number of carbonyl (C=O) groups is 1. The Kier molecular flexibility index (Phi) is 2.71. The van der Waals surface area contributed by atoms with Crippen LogP contribution in [0.1, 0.15) is 34.1 Å². The highest BCUT2D eigenvalue weighted by atomic mass is 16.1. The van der Waals surface area contributed by atoms with E-state index in [-0.39, 0.29) is 11.7 Å². The number of hydrogen-bond acceptors (Lipinski definition) is 2. The van der Waals surface area contributed by atoms with E-state index in [9.17, 15) is 4.79 Å². The Hall–Kier alpha value is -1.96. The highest BCUT2D eigenvalue weighted by Crippen LogP contribution is 2.48. The Morgan fingerprint density at radius 1 is 1.11 bits per heavy atom. The molecule has 1 saturated carbocycles. The van der Waals surface area contributed by atoms with Crippen molar-refractivity contribution in [3.8, 4) is 0 Å². The van der Waals surface area contributed by atoms with Crippen LogP contribution in [0, 0.1) is 12.8 Å². The molecule has 1 aromatic carbocycles. The summed E-state index contributed by atoms with van der Waals surface area (Å²) in [4.78, 5) is 16.6. The van der Waals surface area contributed by atoms with Gasteiger partial charge in [0.2, 0.25) is 0 Å². The van der Waals surface area contributed by atoms with Crippen molar-refractivity contribution in [2.24, 2.45) is 5.92 Å². The third-order valence-electron chi connectivity index (χ3n) is 3.50. The Morgan fingerprint density at radius 2 is 1.89 bits per heavy atom. The van der Waals surface area contributed by atoms with Crippen molar-refractivity contribution >= 4 is 5.78 Å². The summed E-state index contributed by atoms with van der Waals surface area (Å²) < 4.78 is 0. The molecule has 0 radical (unpaired) electrons. The molecule has 0 aliphatic heterocycles. The predicted molar refractivity (Wildman–Crippen MR) is 70.6 cm³/mol. The first-order valence-corrected chi connectivity index (χ1v) is 6.28. The SMILES string of the molecule is Cc1cccc(C(=O)C2CC2c2ccccc2)n1. The molecule has 2 aromatic rings. The zero-order valence-corrected chi connectivity index (χ0v) is 10.3. The first-order chi connectivity index (χ1) is 8.75. The molecule has 0 bridgehead atoms. The molecule has 3 rings (SSSR count). The zero-order chi connectivity index (χ0) is 12.5. The van der Waals surface area contributed by atoms with Gasteiger partial charge in [-0.3, -0.25) is 9.78 Å². The molecule has 0 amide bonds. The molecule has 1 fully saturated rings. The molecule has 1 aromatic heterocycles. The van der Waals surface area contributed by atoms with Gasteiger partial charge in [-0.2, -0.15) is 0 Å². The molecule has 2 nitrogen and oxygen atoms in total. The van der Waals surface area contributed by atoms with Crippen LogP contribution in [0.4, 0.5) is 0 Å². The maximum atomic E-state index is 12.3. The topological polar surface area (TPSA) is 30.0 Å². The van der Waals surface area contributed by atoms with E-state index in [0.717, 1.165) is 12.1 Å². The lowest BCUT2D eigenvalue weighted by atomic mass is 10.1. The first-order valence-electron chi connectivity index (χ1n) is 6.28. The van der Waals surface area contributed by atoms with Crippen LogP contribution in [0.5, 0.6) is 0 Å². The summed E-state index contributed by atoms with van der Waals surface area (Å²) in [6, 6.07) is 15.9. The Bertz CT molecular complexity index is 577. The fourth-order valence-electron chi connectivity index (χ4n) is 2.42. The fourth-order valence-corrected chi connectivity index (χ4v) is 2.42. The van der Waals surface area contributed by atoms with E-state index in [1.165, 1.54) is 5.56 Å². The van der Waals surface area contributed by atoms with Crippen LogP contribution in [0.25, 0.3) is 0 Å². The van der Waals surface area contributed by atoms with Crippen LogP contribution in [0.15, 0.2) is 48.5 Å². The third kappa shape index (κ3) is 2.06. The third-order valence-corrected chi connectivity index (χ3v) is 3.50. The van der Waals surface area contributed by atoms with Crippen molar-refractivity contribution in [3.63, 3.8) is 0 Å². The van der Waals surface area contributed by atoms with Gasteiger partial charge in [-0.05, 0) is 37.0 Å². The van der Waals surface area contributed by atoms with Crippen molar-refractivity contribution in [1.29, 1.82) is 0 Å². The number of ketones is 1. The number of benzene rings is 1. The van der Waals surface area contributed by atoms with Crippen LogP contribution in [-0.4, -0.2) is 10.8 Å². The second-order valence-corrected chi connectivity index (χ2v) is 4.89. The lowest BCUT2D eigenvalue weighted by Crippen LogP contribution is -2.06. The molecular weight excluding hydrogens is 222 g/mol. The van der Waals surface area contributed by atoms with E-state index in [0.29, 0.717) is 11.6 Å². The maximum absolute atomic E-state index is 12.3. The number of aromatic nitrogens is 1. The van der Waals surface area contributed by atoms with E-state index in [1.807, 2.05) is 43.3 Å². The minimum absolute atomic E-state index is 0.127. The predicted octanol–water partition coefficient (Wildman–Crippen LogP) is 3.38. The fraction of sp³-hybridized carbons (Fsp3) is 0.250. The van der Waals surface area contributed by atoms with Crippen molar-refractivity contribution < 1.29 is 4.79 Å². The Morgan fingerprint density at radius 3 is 2.61 bits per heavy atom. The molecule has 1 aliphatic rings. The van der Waals surface area contributed by atoms with Crippen molar-refractivity contribution in [1.82, 2.24) is 4.98 Å². The molecule has 18 heavy (non-hydrogen) atoms. The van der Waals surface area contributed by atoms with Gasteiger partial charge >= 0.3 is 0 Å². The number of rotatable bonds is 3. The summed E-state index contributed by atoms with van der Waals surface area (Å²) in [5.41, 5.74) is 2.78. The Balaban J connectivity index is 1.77. The molecule has 0 N–H and O–H groups in total. The number of hydrogen-bond donors (Lipinski definition) is 0. The highest BCUT2D eigenvalue weighted by molar-refractivity contribution is 5.98. The Labute approximate surface area is 107 Å². The molecule has 2 heteroatoms. The van der Waals surface area contributed by atoms with Crippen molar-refractivity contribution in [3.05, 3.63) is 65.5 Å². The van der Waals surface area contributed by atoms with E-state index >= 15 is 0 Å². The lowest BCUT2D eigenvalue weighted by Gasteiger charge is -2.01. The average Bonchev–Trinajstić information content (AvgIpc) is 3.19. The smallest absolute Gasteiger partial charge is 0.184 e. The summed E-state index contributed by atoms with van der Waals surface area (Å²) in [6.45, 7) is 1.92. The van der Waals surface area contributed by atoms with Crippen molar-refractivity contribution in [2.45, 2.75) is 19.3 Å². The number of nitrogens with zero attached hydrogens (tertiary/aromatic N) is 1. The molecule has 0 spiro atoms. The van der Waals surface area contributed by atoms with Gasteiger partial charge in [-0.1, -0.05) is 36.4 Å². The lowest BCUT2D eigenvalue weighted by molar-refractivity contribution is 0.0960. The van der Waals surface area contributed by atoms with E-state index in [2.05, 4.69) is 17.1 Å². The van der Waals surface area contributed by atoms with Crippen LogP contribution in [0.2, 0.25) is 0 Å². The summed E-state index contributed by atoms with van der Waals surface area (Å²) >= 11 is 0. The van der Waals surface area contributed by atoms with Gasteiger partial charge in [0.05, 0.1) is 0 Å². The zero-order valence-electron chi connectivity index (χ0n) is 10.3. The van der Waals surface area contributed by atoms with Gasteiger partial charge < -0.3 is 0 Å². The van der Waals surface area contributed by atoms with E-state index in [1.54, 1.807) is 0 Å². The van der Waals surface area contributed by atoms with Crippen LogP contribution < -0.4 is 0 Å². The van der Waals surface area contributed by atoms with Gasteiger partial charge in [0.15, 0.2) is 5.78 Å². The van der Waals surface area contributed by atoms with Crippen LogP contribution >= 0.6 is 0 Å². The van der Waals surface area contributed by atoms with E-state index in [4.69, 9.17) is 0 Å². The normalized spacial score (nSPS) is 21.6. The minimum Gasteiger partial charge on any atom is -0.292 e. The molecule has 1 heterocycles. The highest BCUT2D eigenvalue weighted by Gasteiger charge is 2.44. The molecule has 90 valence electrons. The number of Topliss-reactive ketones (excluding diaryl/α,β-unsaturated/α-hetero) is 1. The minimum atomic E-state index is 0.127. The number of aryl methyl sites for hydroxylation is 1. The van der Waals surface area contributed by atoms with Gasteiger partial charge in [0.25, 0.3) is 0 Å². The number of carbonyl (C=O) groups excluding carboxylic acids is 1. The summed E-state index contributed by atoms with van der Waals surface area (Å²) in [5.74, 6) is 0.704. The first kappa shape index (κ1) is 11.1. The summed E-state index contributed by atoms with van der Waals surface area (Å²) in [5, 5.41) is 0. The molecule has 2 atom stereocenters. The largest absolute Gasteiger partial charge is 0.292 e. The van der Waals surface area contributed by atoms with Gasteiger partial charge in [0.1, 0.15) is 5.69 Å². The second kappa shape index (κ2) is 4.37. The monoisotopic (exact) mass is 237 g/mol. The van der Waals surface area contributed by atoms with Gasteiger partial charge in [-0.25, -0.2) is 0 Å². The van der Waals surface area contributed by atoms with Crippen LogP contribution in [-0.2, 0) is 0 Å². The molecule has 2 unspecified atom stereocenters.